The first-order valence-electron chi connectivity index (χ1n) is 10.0. The van der Waals surface area contributed by atoms with E-state index >= 15 is 0 Å². The molecule has 0 radical (unpaired) electrons. The third-order valence-electron chi connectivity index (χ3n) is 5.10. The summed E-state index contributed by atoms with van der Waals surface area (Å²) in [6.07, 6.45) is 0. The number of para-hydroxylation sites is 1. The molecule has 0 saturated heterocycles. The fourth-order valence-corrected chi connectivity index (χ4v) is 4.04. The maximum atomic E-state index is 13.2. The molecule has 2 aromatic carbocycles. The quantitative estimate of drug-likeness (QED) is 0.337. The number of benzene rings is 2. The molecule has 0 saturated carbocycles. The molecule has 0 bridgehead atoms. The van der Waals surface area contributed by atoms with E-state index in [-0.39, 0.29) is 5.56 Å². The Labute approximate surface area is 184 Å². The molecule has 4 rings (SSSR count). The lowest BCUT2D eigenvalue weighted by Gasteiger charge is -2.19. The number of aryl methyl sites for hydroxylation is 1. The van der Waals surface area contributed by atoms with Crippen LogP contribution in [0.2, 0.25) is 0 Å². The molecule has 0 fully saturated rings. The Balaban J connectivity index is 1.98. The highest BCUT2D eigenvalue weighted by molar-refractivity contribution is 7.91. The first-order chi connectivity index (χ1) is 14.6. The highest BCUT2D eigenvalue weighted by Gasteiger charge is 2.27. The summed E-state index contributed by atoms with van der Waals surface area (Å²) in [5, 5.41) is 1.43. The Morgan fingerprint density at radius 3 is 2.58 bits per heavy atom. The summed E-state index contributed by atoms with van der Waals surface area (Å²) in [5.41, 5.74) is 3.27. The number of hydrogen-bond donors (Lipinski definition) is 0. The van der Waals surface area contributed by atoms with Crippen molar-refractivity contribution in [1.82, 2.24) is 9.55 Å². The van der Waals surface area contributed by atoms with Gasteiger partial charge in [0.05, 0.1) is 16.6 Å². The van der Waals surface area contributed by atoms with Crippen LogP contribution in [0.1, 0.15) is 38.8 Å². The first-order valence-corrected chi connectivity index (χ1v) is 11.1. The second-order valence-corrected chi connectivity index (χ2v) is 10.6. The van der Waals surface area contributed by atoms with Crippen molar-refractivity contribution in [2.45, 2.75) is 39.4 Å². The number of hydrogen-bond acceptors (Lipinski definition) is 5. The number of aromatic nitrogens is 2. The van der Waals surface area contributed by atoms with E-state index in [4.69, 9.17) is 9.40 Å². The zero-order valence-electron chi connectivity index (χ0n) is 18.5. The number of nitrogens with zero attached hydrogens (tertiary/aromatic N) is 3. The van der Waals surface area contributed by atoms with Crippen LogP contribution in [0.25, 0.3) is 33.5 Å². The fraction of sp³-hybridized carbons (Fsp3) is 0.292. The molecule has 1 unspecified atom stereocenters. The largest absolute Gasteiger partial charge is 0.591 e. The van der Waals surface area contributed by atoms with Crippen LogP contribution in [0.5, 0.6) is 0 Å². The number of furan rings is 1. The highest BCUT2D eigenvalue weighted by atomic mass is 32.2. The van der Waals surface area contributed by atoms with Gasteiger partial charge in [-0.15, -0.1) is 0 Å². The molecule has 1 atom stereocenters. The van der Waals surface area contributed by atoms with Gasteiger partial charge < -0.3 is 8.97 Å². The third kappa shape index (κ3) is 3.91. The van der Waals surface area contributed by atoms with Gasteiger partial charge in [0.2, 0.25) is 0 Å². The zero-order valence-corrected chi connectivity index (χ0v) is 19.3. The topological polar surface area (TPSA) is 83.5 Å². The molecule has 0 amide bonds. The van der Waals surface area contributed by atoms with E-state index in [1.54, 1.807) is 14.0 Å². The van der Waals surface area contributed by atoms with Crippen molar-refractivity contribution in [1.29, 1.82) is 0 Å². The smallest absolute Gasteiger partial charge is 0.261 e. The third-order valence-corrected chi connectivity index (χ3v) is 6.59. The van der Waals surface area contributed by atoms with E-state index in [0.717, 1.165) is 16.5 Å². The molecule has 4 aromatic rings. The Bertz CT molecular complexity index is 1360. The summed E-state index contributed by atoms with van der Waals surface area (Å²) in [6, 6.07) is 13.3. The molecule has 0 aliphatic heterocycles. The lowest BCUT2D eigenvalue weighted by molar-refractivity contribution is 0.561. The normalized spacial score (nSPS) is 13.8. The standard InChI is InChI=1S/C24H25N3O3S/c1-14-11-17(15(2)26-31(29)24(3,4)5)21-18(12-14)23(28)27(6)22(25-21)20-13-16-9-7-8-10-19(16)30-20/h7-13H,1-6H3. The van der Waals surface area contributed by atoms with Crippen LogP contribution >= 0.6 is 0 Å². The molecule has 160 valence electrons. The van der Waals surface area contributed by atoms with Gasteiger partial charge in [0.25, 0.3) is 5.56 Å². The van der Waals surface area contributed by atoms with Gasteiger partial charge in [-0.05, 0) is 64.4 Å². The summed E-state index contributed by atoms with van der Waals surface area (Å²) in [5.74, 6) is 0.950. The van der Waals surface area contributed by atoms with Gasteiger partial charge in [-0.25, -0.2) is 4.98 Å². The van der Waals surface area contributed by atoms with Crippen molar-refractivity contribution in [3.63, 3.8) is 0 Å². The molecular weight excluding hydrogens is 410 g/mol. The van der Waals surface area contributed by atoms with Crippen molar-refractivity contribution in [3.05, 3.63) is 63.9 Å². The van der Waals surface area contributed by atoms with Gasteiger partial charge in [0, 0.05) is 18.0 Å². The summed E-state index contributed by atoms with van der Waals surface area (Å²) in [6.45, 7) is 9.35. The van der Waals surface area contributed by atoms with Crippen LogP contribution in [0.3, 0.4) is 0 Å². The van der Waals surface area contributed by atoms with Crippen LogP contribution in [0, 0.1) is 6.92 Å². The predicted octanol–water partition coefficient (Wildman–Crippen LogP) is 4.93. The molecule has 31 heavy (non-hydrogen) atoms. The number of rotatable bonds is 3. The minimum absolute atomic E-state index is 0.171. The molecule has 6 nitrogen and oxygen atoms in total. The minimum Gasteiger partial charge on any atom is -0.591 e. The van der Waals surface area contributed by atoms with Gasteiger partial charge in [-0.1, -0.05) is 22.6 Å². The summed E-state index contributed by atoms with van der Waals surface area (Å²) in [4.78, 5) is 18.0. The van der Waals surface area contributed by atoms with Gasteiger partial charge in [0.1, 0.15) is 21.7 Å². The van der Waals surface area contributed by atoms with Crippen molar-refractivity contribution < 1.29 is 8.97 Å². The maximum absolute atomic E-state index is 13.2. The molecule has 0 aliphatic carbocycles. The average Bonchev–Trinajstić information content (AvgIpc) is 3.13. The minimum atomic E-state index is -1.42. The van der Waals surface area contributed by atoms with Crippen LogP contribution in [0.4, 0.5) is 0 Å². The Hall–Kier alpha value is -2.90. The SMILES string of the molecule is CC(=N[S+]([O-])C(C)(C)C)c1cc(C)cc2c(=O)n(C)c(-c3cc4ccccc4o3)nc12. The Kier molecular flexibility index (Phi) is 5.27. The molecular formula is C24H25N3O3S. The van der Waals surface area contributed by atoms with Gasteiger partial charge >= 0.3 is 0 Å². The van der Waals surface area contributed by atoms with Crippen LogP contribution < -0.4 is 5.56 Å². The van der Waals surface area contributed by atoms with Gasteiger partial charge in [0.15, 0.2) is 11.6 Å². The number of fused-ring (bicyclic) bond motifs is 2. The first kappa shape index (κ1) is 21.3. The molecule has 2 heterocycles. The van der Waals surface area contributed by atoms with E-state index in [9.17, 15) is 9.35 Å². The van der Waals surface area contributed by atoms with Crippen LogP contribution in [-0.2, 0) is 18.4 Å². The monoisotopic (exact) mass is 435 g/mol. The van der Waals surface area contributed by atoms with E-state index in [0.29, 0.717) is 33.8 Å². The highest BCUT2D eigenvalue weighted by Crippen LogP contribution is 2.28. The second-order valence-electron chi connectivity index (χ2n) is 8.69. The van der Waals surface area contributed by atoms with E-state index in [1.807, 2.05) is 70.2 Å². The lowest BCUT2D eigenvalue weighted by atomic mass is 10.0. The maximum Gasteiger partial charge on any atom is 0.261 e. The van der Waals surface area contributed by atoms with Crippen LogP contribution in [0.15, 0.2) is 56.1 Å². The summed E-state index contributed by atoms with van der Waals surface area (Å²) < 4.78 is 24.0. The van der Waals surface area contributed by atoms with Gasteiger partial charge in [-0.3, -0.25) is 9.36 Å². The van der Waals surface area contributed by atoms with E-state index in [2.05, 4.69) is 4.40 Å². The van der Waals surface area contributed by atoms with Gasteiger partial charge in [-0.2, -0.15) is 0 Å². The lowest BCUT2D eigenvalue weighted by Crippen LogP contribution is -2.27. The Morgan fingerprint density at radius 1 is 1.19 bits per heavy atom. The van der Waals surface area contributed by atoms with Crippen molar-refractivity contribution in [2.24, 2.45) is 11.4 Å². The molecule has 0 spiro atoms. The average molecular weight is 436 g/mol. The molecule has 7 heteroatoms. The fourth-order valence-electron chi connectivity index (χ4n) is 3.42. The molecule has 0 N–H and O–H groups in total. The van der Waals surface area contributed by atoms with Crippen molar-refractivity contribution in [2.75, 3.05) is 0 Å². The van der Waals surface area contributed by atoms with Crippen molar-refractivity contribution in [3.8, 4) is 11.6 Å². The summed E-state index contributed by atoms with van der Waals surface area (Å²) in [7, 11) is 1.69. The summed E-state index contributed by atoms with van der Waals surface area (Å²) >= 11 is -1.42. The van der Waals surface area contributed by atoms with Crippen molar-refractivity contribution >= 4 is 38.9 Å². The molecule has 2 aromatic heterocycles. The Morgan fingerprint density at radius 2 is 1.90 bits per heavy atom. The second kappa shape index (κ2) is 7.66. The molecule has 0 aliphatic rings. The van der Waals surface area contributed by atoms with E-state index in [1.165, 1.54) is 4.57 Å². The zero-order chi connectivity index (χ0) is 22.5. The van der Waals surface area contributed by atoms with E-state index < -0.39 is 16.1 Å². The van der Waals surface area contributed by atoms with Crippen LogP contribution in [-0.4, -0.2) is 24.6 Å². The predicted molar refractivity (Wildman–Crippen MR) is 127 cm³/mol.